The third kappa shape index (κ3) is 3.56. The van der Waals surface area contributed by atoms with Crippen molar-refractivity contribution in [1.82, 2.24) is 10.1 Å². The van der Waals surface area contributed by atoms with Gasteiger partial charge in [-0.25, -0.2) is 0 Å². The monoisotopic (exact) mass is 357 g/mol. The highest BCUT2D eigenvalue weighted by atomic mass is 79.9. The first kappa shape index (κ1) is 15.4. The standard InChI is InChI=1S/C12H12BrN3O5/c1-6(17)9-3-8(13)4-10(16(18)19)12(9)20-5-11-14-7(2)21-15-11/h3-4,6,17H,5H2,1-2H3. The lowest BCUT2D eigenvalue weighted by Crippen LogP contribution is -2.05. The van der Waals surface area contributed by atoms with Crippen LogP contribution in [0.1, 0.15) is 30.3 Å². The van der Waals surface area contributed by atoms with Crippen molar-refractivity contribution in [2.45, 2.75) is 26.6 Å². The molecular formula is C12H12BrN3O5. The Morgan fingerprint density at radius 1 is 1.57 bits per heavy atom. The van der Waals surface area contributed by atoms with Crippen molar-refractivity contribution in [3.63, 3.8) is 0 Å². The summed E-state index contributed by atoms with van der Waals surface area (Å²) < 4.78 is 10.7. The molecule has 1 aromatic carbocycles. The Labute approximate surface area is 128 Å². The van der Waals surface area contributed by atoms with Crippen LogP contribution in [-0.2, 0) is 6.61 Å². The summed E-state index contributed by atoms with van der Waals surface area (Å²) in [7, 11) is 0. The number of benzene rings is 1. The number of halogens is 1. The Hall–Kier alpha value is -2.00. The Morgan fingerprint density at radius 2 is 2.29 bits per heavy atom. The number of rotatable bonds is 5. The van der Waals surface area contributed by atoms with Crippen LogP contribution in [0, 0.1) is 17.0 Å². The maximum Gasteiger partial charge on any atom is 0.312 e. The average molecular weight is 358 g/mol. The van der Waals surface area contributed by atoms with E-state index < -0.39 is 11.0 Å². The van der Waals surface area contributed by atoms with E-state index in [1.165, 1.54) is 13.0 Å². The molecule has 2 rings (SSSR count). The maximum absolute atomic E-state index is 11.1. The zero-order valence-electron chi connectivity index (χ0n) is 11.2. The van der Waals surface area contributed by atoms with Gasteiger partial charge in [-0.2, -0.15) is 4.98 Å². The summed E-state index contributed by atoms with van der Waals surface area (Å²) in [6.07, 6.45) is -0.928. The van der Waals surface area contributed by atoms with Crippen molar-refractivity contribution >= 4 is 21.6 Å². The Balaban J connectivity index is 2.37. The number of nitrogens with zero attached hydrogens (tertiary/aromatic N) is 3. The molecule has 9 heteroatoms. The van der Waals surface area contributed by atoms with Crippen LogP contribution in [0.15, 0.2) is 21.1 Å². The third-order valence-corrected chi connectivity index (χ3v) is 3.08. The largest absolute Gasteiger partial charge is 0.478 e. The van der Waals surface area contributed by atoms with Gasteiger partial charge in [0.15, 0.2) is 6.61 Å². The molecule has 0 aliphatic carbocycles. The predicted octanol–water partition coefficient (Wildman–Crippen LogP) is 2.68. The average Bonchev–Trinajstić information content (AvgIpc) is 2.81. The van der Waals surface area contributed by atoms with E-state index in [0.717, 1.165) is 0 Å². The minimum Gasteiger partial charge on any atom is -0.478 e. The van der Waals surface area contributed by atoms with Gasteiger partial charge < -0.3 is 14.4 Å². The number of aromatic nitrogens is 2. The summed E-state index contributed by atoms with van der Waals surface area (Å²) in [6, 6.07) is 2.87. The van der Waals surface area contributed by atoms with Gasteiger partial charge >= 0.3 is 5.69 Å². The lowest BCUT2D eigenvalue weighted by molar-refractivity contribution is -0.386. The summed E-state index contributed by atoms with van der Waals surface area (Å²) in [5, 5.41) is 24.5. The van der Waals surface area contributed by atoms with Crippen molar-refractivity contribution in [2.75, 3.05) is 0 Å². The second-order valence-corrected chi connectivity index (χ2v) is 5.21. The molecule has 0 aliphatic heterocycles. The first-order valence-corrected chi connectivity index (χ1v) is 6.75. The molecule has 0 amide bonds. The zero-order valence-corrected chi connectivity index (χ0v) is 12.8. The van der Waals surface area contributed by atoms with Crippen LogP contribution in [0.3, 0.4) is 0 Å². The van der Waals surface area contributed by atoms with Crippen LogP contribution < -0.4 is 4.74 Å². The van der Waals surface area contributed by atoms with Gasteiger partial charge in [-0.05, 0) is 13.0 Å². The van der Waals surface area contributed by atoms with Crippen molar-refractivity contribution < 1.29 is 19.3 Å². The van der Waals surface area contributed by atoms with E-state index in [1.807, 2.05) is 0 Å². The van der Waals surface area contributed by atoms with Gasteiger partial charge in [0, 0.05) is 23.0 Å². The number of nitro groups is 1. The summed E-state index contributed by atoms with van der Waals surface area (Å²) in [6.45, 7) is 3.02. The van der Waals surface area contributed by atoms with Crippen molar-refractivity contribution in [1.29, 1.82) is 0 Å². The smallest absolute Gasteiger partial charge is 0.312 e. The first-order chi connectivity index (χ1) is 9.88. The molecule has 1 heterocycles. The molecule has 0 radical (unpaired) electrons. The van der Waals surface area contributed by atoms with Gasteiger partial charge in [-0.1, -0.05) is 21.1 Å². The predicted molar refractivity (Wildman–Crippen MR) is 74.8 cm³/mol. The molecule has 21 heavy (non-hydrogen) atoms. The van der Waals surface area contributed by atoms with Gasteiger partial charge in [0.1, 0.15) is 0 Å². The fraction of sp³-hybridized carbons (Fsp3) is 0.333. The van der Waals surface area contributed by atoms with E-state index in [4.69, 9.17) is 9.26 Å². The number of ether oxygens (including phenoxy) is 1. The maximum atomic E-state index is 11.1. The van der Waals surface area contributed by atoms with Gasteiger partial charge in [0.25, 0.3) is 0 Å². The second kappa shape index (κ2) is 6.19. The molecule has 0 bridgehead atoms. The molecule has 0 saturated carbocycles. The SMILES string of the molecule is Cc1nc(COc2c(C(C)O)cc(Br)cc2[N+](=O)[O-])no1. The van der Waals surface area contributed by atoms with Crippen molar-refractivity contribution in [3.05, 3.63) is 44.0 Å². The second-order valence-electron chi connectivity index (χ2n) is 4.29. The van der Waals surface area contributed by atoms with Crippen molar-refractivity contribution in [2.24, 2.45) is 0 Å². The molecule has 1 aromatic heterocycles. The fourth-order valence-electron chi connectivity index (χ4n) is 1.74. The molecule has 1 N–H and O–H groups in total. The van der Waals surface area contributed by atoms with Crippen molar-refractivity contribution in [3.8, 4) is 5.75 Å². The van der Waals surface area contributed by atoms with E-state index in [-0.39, 0.29) is 23.9 Å². The Morgan fingerprint density at radius 3 is 2.81 bits per heavy atom. The summed E-state index contributed by atoms with van der Waals surface area (Å²) in [4.78, 5) is 14.5. The molecule has 0 aliphatic rings. The van der Waals surface area contributed by atoms with Crippen LogP contribution in [-0.4, -0.2) is 20.2 Å². The van der Waals surface area contributed by atoms with Crippen LogP contribution in [0.25, 0.3) is 0 Å². The topological polar surface area (TPSA) is 112 Å². The van der Waals surface area contributed by atoms with Crippen LogP contribution >= 0.6 is 15.9 Å². The van der Waals surface area contributed by atoms with Crippen LogP contribution in [0.4, 0.5) is 5.69 Å². The van der Waals surface area contributed by atoms with Gasteiger partial charge in [0.2, 0.25) is 17.5 Å². The lowest BCUT2D eigenvalue weighted by atomic mass is 10.1. The Bertz CT molecular complexity index is 671. The van der Waals surface area contributed by atoms with Gasteiger partial charge in [-0.15, -0.1) is 0 Å². The molecule has 1 unspecified atom stereocenters. The fourth-order valence-corrected chi connectivity index (χ4v) is 2.20. The van der Waals surface area contributed by atoms with E-state index in [2.05, 4.69) is 26.1 Å². The van der Waals surface area contributed by atoms with Gasteiger partial charge in [-0.3, -0.25) is 10.1 Å². The molecular weight excluding hydrogens is 346 g/mol. The molecule has 8 nitrogen and oxygen atoms in total. The minimum absolute atomic E-state index is 0.0133. The first-order valence-electron chi connectivity index (χ1n) is 5.96. The number of hydrogen-bond donors (Lipinski definition) is 1. The minimum atomic E-state index is -0.928. The number of hydrogen-bond acceptors (Lipinski definition) is 7. The summed E-state index contributed by atoms with van der Waals surface area (Å²) >= 11 is 3.17. The van der Waals surface area contributed by atoms with Crippen LogP contribution in [0.2, 0.25) is 0 Å². The van der Waals surface area contributed by atoms with Gasteiger partial charge in [0.05, 0.1) is 11.0 Å². The molecule has 0 saturated heterocycles. The van der Waals surface area contributed by atoms with E-state index in [0.29, 0.717) is 15.9 Å². The number of aryl methyl sites for hydroxylation is 1. The number of aliphatic hydroxyl groups is 1. The summed E-state index contributed by atoms with van der Waals surface area (Å²) in [5.41, 5.74) is 0.0526. The Kier molecular flexibility index (Phi) is 4.53. The number of aliphatic hydroxyl groups excluding tert-OH is 1. The third-order valence-electron chi connectivity index (χ3n) is 2.62. The molecule has 1 atom stereocenters. The van der Waals surface area contributed by atoms with Crippen LogP contribution in [0.5, 0.6) is 5.75 Å². The highest BCUT2D eigenvalue weighted by Crippen LogP contribution is 2.38. The molecule has 112 valence electrons. The van der Waals surface area contributed by atoms with E-state index >= 15 is 0 Å². The quantitative estimate of drug-likeness (QED) is 0.646. The van der Waals surface area contributed by atoms with E-state index in [9.17, 15) is 15.2 Å². The zero-order chi connectivity index (χ0) is 15.6. The molecule has 0 spiro atoms. The lowest BCUT2D eigenvalue weighted by Gasteiger charge is -2.13. The number of nitro benzene ring substituents is 1. The van der Waals surface area contributed by atoms with E-state index in [1.54, 1.807) is 13.0 Å². The highest BCUT2D eigenvalue weighted by molar-refractivity contribution is 9.10. The summed E-state index contributed by atoms with van der Waals surface area (Å²) in [5.74, 6) is 0.622. The normalized spacial score (nSPS) is 12.2. The highest BCUT2D eigenvalue weighted by Gasteiger charge is 2.23. The molecule has 0 fully saturated rings. The molecule has 2 aromatic rings.